The van der Waals surface area contributed by atoms with Crippen LogP contribution in [-0.2, 0) is 6.54 Å². The minimum Gasteiger partial charge on any atom is -0.545 e. The minimum atomic E-state index is -1.46. The molecule has 8 heteroatoms. The molecule has 104 valence electrons. The number of nitrogens with zero attached hydrogens (tertiary/aromatic N) is 2. The molecule has 2 aromatic heterocycles. The number of aryl methyl sites for hydroxylation is 2. The molecule has 2 aromatic rings. The quantitative estimate of drug-likeness (QED) is 0.514. The second-order valence-electron chi connectivity index (χ2n) is 3.77. The summed E-state index contributed by atoms with van der Waals surface area (Å²) in [6, 6.07) is 3.28. The predicted molar refractivity (Wildman–Crippen MR) is 68.0 cm³/mol. The maximum absolute atomic E-state index is 11.9. The molecule has 0 aromatic carbocycles. The second kappa shape index (κ2) is 8.13. The Bertz CT molecular complexity index is 669. The zero-order chi connectivity index (χ0) is 12.6. The van der Waals surface area contributed by atoms with E-state index >= 15 is 0 Å². The average molecular weight is 290 g/mol. The van der Waals surface area contributed by atoms with E-state index in [1.165, 1.54) is 6.20 Å². The van der Waals surface area contributed by atoms with Crippen LogP contribution in [0.3, 0.4) is 0 Å². The molecular weight excluding hydrogens is 275 g/mol. The van der Waals surface area contributed by atoms with E-state index < -0.39 is 11.4 Å². The third-order valence-electron chi connectivity index (χ3n) is 2.62. The normalized spacial score (nSPS) is 9.10. The SMILES string of the molecule is CCn1cc(C(=O)[O-])c(=O)c2ccc(C)nc21.O.O.[Na+]. The van der Waals surface area contributed by atoms with Crippen LogP contribution in [0.15, 0.2) is 23.1 Å². The van der Waals surface area contributed by atoms with Crippen LogP contribution in [0.4, 0.5) is 0 Å². The van der Waals surface area contributed by atoms with Crippen LogP contribution in [0.5, 0.6) is 0 Å². The van der Waals surface area contributed by atoms with Crippen molar-refractivity contribution < 1.29 is 50.4 Å². The molecule has 0 fully saturated rings. The number of hydrogen-bond acceptors (Lipinski definition) is 4. The van der Waals surface area contributed by atoms with E-state index in [1.54, 1.807) is 16.7 Å². The monoisotopic (exact) mass is 290 g/mol. The van der Waals surface area contributed by atoms with Gasteiger partial charge in [0.15, 0.2) is 5.43 Å². The molecule has 0 atom stereocenters. The van der Waals surface area contributed by atoms with Crippen LogP contribution in [0.1, 0.15) is 23.0 Å². The van der Waals surface area contributed by atoms with Crippen molar-refractivity contribution in [2.75, 3.05) is 0 Å². The number of carbonyl (C=O) groups is 1. The number of aromatic nitrogens is 2. The fourth-order valence-corrected chi connectivity index (χ4v) is 1.75. The van der Waals surface area contributed by atoms with Crippen molar-refractivity contribution in [3.8, 4) is 0 Å². The molecule has 0 spiro atoms. The Labute approximate surface area is 137 Å². The molecule has 0 saturated heterocycles. The maximum atomic E-state index is 11.9. The van der Waals surface area contributed by atoms with E-state index in [0.29, 0.717) is 17.6 Å². The molecule has 0 unspecified atom stereocenters. The second-order valence-corrected chi connectivity index (χ2v) is 3.77. The Kier molecular flexibility index (Phi) is 8.56. The molecule has 0 bridgehead atoms. The number of aromatic carboxylic acids is 1. The summed E-state index contributed by atoms with van der Waals surface area (Å²) in [5, 5.41) is 11.2. The van der Waals surface area contributed by atoms with Gasteiger partial charge in [-0.25, -0.2) is 4.98 Å². The summed E-state index contributed by atoms with van der Waals surface area (Å²) in [5.74, 6) is -1.46. The van der Waals surface area contributed by atoms with Gasteiger partial charge < -0.3 is 25.4 Å². The molecule has 0 aliphatic heterocycles. The first-order chi connectivity index (χ1) is 8.04. The van der Waals surface area contributed by atoms with Gasteiger partial charge in [-0.3, -0.25) is 4.79 Å². The first-order valence-electron chi connectivity index (χ1n) is 5.26. The third kappa shape index (κ3) is 3.65. The van der Waals surface area contributed by atoms with Gasteiger partial charge in [0.1, 0.15) is 5.65 Å². The zero-order valence-electron chi connectivity index (χ0n) is 11.6. The zero-order valence-corrected chi connectivity index (χ0v) is 13.6. The number of pyridine rings is 2. The summed E-state index contributed by atoms with van der Waals surface area (Å²) in [4.78, 5) is 27.0. The number of hydrogen-bond donors (Lipinski definition) is 0. The molecule has 0 saturated carbocycles. The van der Waals surface area contributed by atoms with Crippen molar-refractivity contribution in [1.29, 1.82) is 0 Å². The Morgan fingerprint density at radius 1 is 1.35 bits per heavy atom. The van der Waals surface area contributed by atoms with Crippen LogP contribution < -0.4 is 40.1 Å². The van der Waals surface area contributed by atoms with E-state index in [4.69, 9.17) is 0 Å². The van der Waals surface area contributed by atoms with Crippen molar-refractivity contribution in [2.24, 2.45) is 0 Å². The summed E-state index contributed by atoms with van der Waals surface area (Å²) in [6.45, 7) is 4.21. The summed E-state index contributed by atoms with van der Waals surface area (Å²) in [6.07, 6.45) is 1.28. The summed E-state index contributed by atoms with van der Waals surface area (Å²) in [7, 11) is 0. The minimum absolute atomic E-state index is 0. The topological polar surface area (TPSA) is 138 Å². The van der Waals surface area contributed by atoms with Gasteiger partial charge in [0, 0.05) is 18.4 Å². The largest absolute Gasteiger partial charge is 1.00 e. The Morgan fingerprint density at radius 2 is 1.95 bits per heavy atom. The van der Waals surface area contributed by atoms with Crippen LogP contribution >= 0.6 is 0 Å². The number of fused-ring (bicyclic) bond motifs is 1. The van der Waals surface area contributed by atoms with Gasteiger partial charge in [-0.2, -0.15) is 0 Å². The van der Waals surface area contributed by atoms with Crippen LogP contribution in [-0.4, -0.2) is 26.5 Å². The molecule has 4 N–H and O–H groups in total. The molecule has 0 aliphatic carbocycles. The smallest absolute Gasteiger partial charge is 0.545 e. The molecule has 2 rings (SSSR count). The number of carboxylic acids is 1. The van der Waals surface area contributed by atoms with Crippen molar-refractivity contribution in [3.05, 3.63) is 39.8 Å². The van der Waals surface area contributed by atoms with Crippen molar-refractivity contribution in [2.45, 2.75) is 20.4 Å². The standard InChI is InChI=1S/C12H12N2O3.Na.2H2O/c1-3-14-6-9(12(16)17)10(15)8-5-4-7(2)13-11(8)14;;;/h4-6H,3H2,1-2H3,(H,16,17);;2*1H2/q;+1;;/p-1. The van der Waals surface area contributed by atoms with Crippen LogP contribution in [0.25, 0.3) is 11.0 Å². The van der Waals surface area contributed by atoms with Gasteiger partial charge >= 0.3 is 29.6 Å². The first-order valence-corrected chi connectivity index (χ1v) is 5.26. The molecule has 2 heterocycles. The van der Waals surface area contributed by atoms with Gasteiger partial charge in [0.2, 0.25) is 0 Å². The van der Waals surface area contributed by atoms with Gasteiger partial charge in [-0.15, -0.1) is 0 Å². The van der Waals surface area contributed by atoms with Crippen molar-refractivity contribution in [1.82, 2.24) is 9.55 Å². The predicted octanol–water partition coefficient (Wildman–Crippen LogP) is -4.56. The van der Waals surface area contributed by atoms with Crippen molar-refractivity contribution >= 4 is 17.0 Å². The van der Waals surface area contributed by atoms with E-state index in [9.17, 15) is 14.7 Å². The molecule has 0 amide bonds. The summed E-state index contributed by atoms with van der Waals surface area (Å²) < 4.78 is 1.63. The van der Waals surface area contributed by atoms with Crippen LogP contribution in [0, 0.1) is 6.92 Å². The molecule has 7 nitrogen and oxygen atoms in total. The summed E-state index contributed by atoms with van der Waals surface area (Å²) in [5.41, 5.74) is 0.407. The Balaban J connectivity index is 0. The maximum Gasteiger partial charge on any atom is 1.00 e. The number of carbonyl (C=O) groups excluding carboxylic acids is 1. The van der Waals surface area contributed by atoms with Crippen molar-refractivity contribution in [3.63, 3.8) is 0 Å². The average Bonchev–Trinajstić information content (AvgIpc) is 2.29. The Morgan fingerprint density at radius 3 is 2.45 bits per heavy atom. The van der Waals surface area contributed by atoms with Gasteiger partial charge in [0.25, 0.3) is 0 Å². The van der Waals surface area contributed by atoms with E-state index in [2.05, 4.69) is 4.98 Å². The van der Waals surface area contributed by atoms with Crippen LogP contribution in [0.2, 0.25) is 0 Å². The van der Waals surface area contributed by atoms with E-state index in [-0.39, 0.29) is 46.1 Å². The van der Waals surface area contributed by atoms with E-state index in [1.807, 2.05) is 13.8 Å². The fourth-order valence-electron chi connectivity index (χ4n) is 1.75. The molecule has 0 radical (unpaired) electrons. The number of carboxylic acid groups (broad SMARTS) is 1. The summed E-state index contributed by atoms with van der Waals surface area (Å²) >= 11 is 0. The van der Waals surface area contributed by atoms with E-state index in [0.717, 1.165) is 5.69 Å². The molecular formula is C12H15N2NaO5. The third-order valence-corrected chi connectivity index (χ3v) is 2.62. The first kappa shape index (κ1) is 21.1. The molecule has 20 heavy (non-hydrogen) atoms. The molecule has 0 aliphatic rings. The van der Waals surface area contributed by atoms with Gasteiger partial charge in [-0.05, 0) is 26.0 Å². The van der Waals surface area contributed by atoms with Gasteiger partial charge in [0.05, 0.1) is 16.9 Å². The fraction of sp³-hybridized carbons (Fsp3) is 0.250. The number of rotatable bonds is 2. The van der Waals surface area contributed by atoms with Gasteiger partial charge in [-0.1, -0.05) is 0 Å². The Hall–Kier alpha value is -1.25.